The van der Waals surface area contributed by atoms with Crippen LogP contribution in [0.5, 0.6) is 0 Å². The minimum absolute atomic E-state index is 0.163. The molecule has 2 amide bonds. The molecule has 1 aromatic rings. The number of amides is 2. The second-order valence-corrected chi connectivity index (χ2v) is 5.24. The first kappa shape index (κ1) is 13.7. The van der Waals surface area contributed by atoms with Crippen LogP contribution in [0.2, 0.25) is 0 Å². The summed E-state index contributed by atoms with van der Waals surface area (Å²) in [6, 6.07) is 3.49. The Morgan fingerprint density at radius 3 is 2.68 bits per heavy atom. The molecule has 0 saturated heterocycles. The van der Waals surface area contributed by atoms with Crippen molar-refractivity contribution in [3.8, 4) is 0 Å². The molecule has 6 heteroatoms. The fourth-order valence-corrected chi connectivity index (χ4v) is 2.73. The second kappa shape index (κ2) is 5.13. The highest BCUT2D eigenvalue weighted by atomic mass is 79.9. The summed E-state index contributed by atoms with van der Waals surface area (Å²) in [6.45, 7) is 2.04. The number of hydrogen-bond donors (Lipinski definition) is 1. The van der Waals surface area contributed by atoms with Gasteiger partial charge >= 0.3 is 0 Å². The van der Waals surface area contributed by atoms with Crippen molar-refractivity contribution in [1.82, 2.24) is 5.32 Å². The lowest BCUT2D eigenvalue weighted by Gasteiger charge is -2.18. The number of carbonyl (C=O) groups excluding carboxylic acids is 3. The van der Waals surface area contributed by atoms with E-state index in [-0.39, 0.29) is 18.9 Å². The standard InChI is InChI=1S/C13H13BrN2O3/c1-7-5-8(14)6-9-11(7)16(13(19)12(9)18)4-3-10(17)15-2/h5-6H,3-4H2,1-2H3,(H,15,17). The van der Waals surface area contributed by atoms with Gasteiger partial charge in [-0.3, -0.25) is 14.4 Å². The maximum absolute atomic E-state index is 12.0. The molecule has 1 aromatic carbocycles. The maximum Gasteiger partial charge on any atom is 0.299 e. The van der Waals surface area contributed by atoms with E-state index in [9.17, 15) is 14.4 Å². The number of halogens is 1. The minimum Gasteiger partial charge on any atom is -0.359 e. The monoisotopic (exact) mass is 324 g/mol. The fourth-order valence-electron chi connectivity index (χ4n) is 2.16. The van der Waals surface area contributed by atoms with Crippen molar-refractivity contribution >= 4 is 39.2 Å². The highest BCUT2D eigenvalue weighted by Crippen LogP contribution is 2.34. The number of anilines is 1. The summed E-state index contributed by atoms with van der Waals surface area (Å²) in [5.41, 5.74) is 1.84. The minimum atomic E-state index is -0.569. The van der Waals surface area contributed by atoms with Crippen LogP contribution in [0.4, 0.5) is 5.69 Å². The first-order chi connectivity index (χ1) is 8.95. The molecule has 1 aliphatic rings. The lowest BCUT2D eigenvalue weighted by atomic mass is 10.1. The van der Waals surface area contributed by atoms with Crippen molar-refractivity contribution in [2.45, 2.75) is 13.3 Å². The smallest absolute Gasteiger partial charge is 0.299 e. The van der Waals surface area contributed by atoms with Gasteiger partial charge in [0.1, 0.15) is 0 Å². The maximum atomic E-state index is 12.0. The number of nitrogens with zero attached hydrogens (tertiary/aromatic N) is 1. The second-order valence-electron chi connectivity index (χ2n) is 4.33. The van der Waals surface area contributed by atoms with Crippen molar-refractivity contribution < 1.29 is 14.4 Å². The predicted molar refractivity (Wildman–Crippen MR) is 74.2 cm³/mol. The van der Waals surface area contributed by atoms with Gasteiger partial charge in [-0.25, -0.2) is 0 Å². The molecule has 0 aromatic heterocycles. The summed E-state index contributed by atoms with van der Waals surface area (Å²) in [5.74, 6) is -1.25. The quantitative estimate of drug-likeness (QED) is 0.855. The molecule has 1 aliphatic heterocycles. The topological polar surface area (TPSA) is 66.5 Å². The third kappa shape index (κ3) is 2.40. The van der Waals surface area contributed by atoms with Gasteiger partial charge in [-0.1, -0.05) is 15.9 Å². The van der Waals surface area contributed by atoms with Gasteiger partial charge in [0.2, 0.25) is 5.91 Å². The van der Waals surface area contributed by atoms with Crippen LogP contribution in [0.3, 0.4) is 0 Å². The van der Waals surface area contributed by atoms with Crippen LogP contribution in [0.15, 0.2) is 16.6 Å². The molecule has 0 spiro atoms. The zero-order chi connectivity index (χ0) is 14.2. The van der Waals surface area contributed by atoms with E-state index in [0.717, 1.165) is 10.0 Å². The van der Waals surface area contributed by atoms with Crippen molar-refractivity contribution in [3.05, 3.63) is 27.7 Å². The van der Waals surface area contributed by atoms with E-state index in [4.69, 9.17) is 0 Å². The molecule has 0 radical (unpaired) electrons. The van der Waals surface area contributed by atoms with E-state index in [1.807, 2.05) is 13.0 Å². The molecule has 0 bridgehead atoms. The van der Waals surface area contributed by atoms with Gasteiger partial charge < -0.3 is 10.2 Å². The number of ketones is 1. The average Bonchev–Trinajstić information content (AvgIpc) is 2.60. The van der Waals surface area contributed by atoms with Crippen LogP contribution in [-0.2, 0) is 9.59 Å². The zero-order valence-corrected chi connectivity index (χ0v) is 12.2. The zero-order valence-electron chi connectivity index (χ0n) is 10.6. The molecule has 0 aliphatic carbocycles. The van der Waals surface area contributed by atoms with E-state index < -0.39 is 11.7 Å². The van der Waals surface area contributed by atoms with Gasteiger partial charge in [-0.05, 0) is 24.6 Å². The molecule has 1 heterocycles. The molecule has 0 fully saturated rings. The van der Waals surface area contributed by atoms with Crippen LogP contribution in [-0.4, -0.2) is 31.2 Å². The normalized spacial score (nSPS) is 13.7. The largest absolute Gasteiger partial charge is 0.359 e. The molecule has 0 atom stereocenters. The molecule has 1 N–H and O–H groups in total. The van der Waals surface area contributed by atoms with Crippen LogP contribution in [0.25, 0.3) is 0 Å². The lowest BCUT2D eigenvalue weighted by Crippen LogP contribution is -2.33. The van der Waals surface area contributed by atoms with Gasteiger partial charge in [-0.2, -0.15) is 0 Å². The molecule has 0 unspecified atom stereocenters. The molecule has 2 rings (SSSR count). The number of benzene rings is 1. The average molecular weight is 325 g/mol. The van der Waals surface area contributed by atoms with Gasteiger partial charge in [0, 0.05) is 24.5 Å². The summed E-state index contributed by atoms with van der Waals surface area (Å²) in [7, 11) is 1.54. The van der Waals surface area contributed by atoms with Crippen LogP contribution in [0.1, 0.15) is 22.3 Å². The molecule has 0 saturated carbocycles. The Balaban J connectivity index is 2.36. The van der Waals surface area contributed by atoms with Crippen molar-refractivity contribution in [2.24, 2.45) is 0 Å². The van der Waals surface area contributed by atoms with E-state index in [1.165, 1.54) is 11.9 Å². The van der Waals surface area contributed by atoms with Gasteiger partial charge in [0.15, 0.2) is 0 Å². The molecule has 100 valence electrons. The van der Waals surface area contributed by atoms with Gasteiger partial charge in [0.25, 0.3) is 11.7 Å². The summed E-state index contributed by atoms with van der Waals surface area (Å²) >= 11 is 3.31. The van der Waals surface area contributed by atoms with E-state index in [1.54, 1.807) is 6.07 Å². The Labute approximate surface area is 119 Å². The molecular formula is C13H13BrN2O3. The van der Waals surface area contributed by atoms with Crippen molar-refractivity contribution in [1.29, 1.82) is 0 Å². The predicted octanol–water partition coefficient (Wildman–Crippen LogP) is 1.42. The van der Waals surface area contributed by atoms with Crippen LogP contribution in [0, 0.1) is 6.92 Å². The lowest BCUT2D eigenvalue weighted by molar-refractivity contribution is -0.120. The number of nitrogens with one attached hydrogen (secondary N) is 1. The number of rotatable bonds is 3. The Bertz CT molecular complexity index is 583. The first-order valence-electron chi connectivity index (χ1n) is 5.82. The Morgan fingerprint density at radius 2 is 2.05 bits per heavy atom. The van der Waals surface area contributed by atoms with E-state index >= 15 is 0 Å². The summed E-state index contributed by atoms with van der Waals surface area (Å²) in [4.78, 5) is 36.5. The Morgan fingerprint density at radius 1 is 1.37 bits per heavy atom. The van der Waals surface area contributed by atoms with Crippen LogP contribution < -0.4 is 10.2 Å². The highest BCUT2D eigenvalue weighted by molar-refractivity contribution is 9.10. The number of carbonyl (C=O) groups is 3. The van der Waals surface area contributed by atoms with Crippen LogP contribution >= 0.6 is 15.9 Å². The number of Topliss-reactive ketones (excluding diaryl/α,β-unsaturated/α-hetero) is 1. The van der Waals surface area contributed by atoms with E-state index in [0.29, 0.717) is 11.3 Å². The highest BCUT2D eigenvalue weighted by Gasteiger charge is 2.37. The molecule has 19 heavy (non-hydrogen) atoms. The fraction of sp³-hybridized carbons (Fsp3) is 0.308. The van der Waals surface area contributed by atoms with Gasteiger partial charge in [0.05, 0.1) is 11.3 Å². The molecular weight excluding hydrogens is 312 g/mol. The number of hydrogen-bond acceptors (Lipinski definition) is 3. The van der Waals surface area contributed by atoms with Crippen molar-refractivity contribution in [3.63, 3.8) is 0 Å². The summed E-state index contributed by atoms with van der Waals surface area (Å²) in [6.07, 6.45) is 0.171. The molecule has 5 nitrogen and oxygen atoms in total. The first-order valence-corrected chi connectivity index (χ1v) is 6.62. The van der Waals surface area contributed by atoms with Crippen molar-refractivity contribution in [2.75, 3.05) is 18.5 Å². The number of aryl methyl sites for hydroxylation is 1. The summed E-state index contributed by atoms with van der Waals surface area (Å²) in [5, 5.41) is 2.49. The third-order valence-electron chi connectivity index (χ3n) is 3.06. The Hall–Kier alpha value is -1.69. The Kier molecular flexibility index (Phi) is 3.71. The van der Waals surface area contributed by atoms with Gasteiger partial charge in [-0.15, -0.1) is 0 Å². The third-order valence-corrected chi connectivity index (χ3v) is 3.52. The SMILES string of the molecule is CNC(=O)CCN1C(=O)C(=O)c2cc(Br)cc(C)c21. The summed E-state index contributed by atoms with van der Waals surface area (Å²) < 4.78 is 0.762. The number of fused-ring (bicyclic) bond motifs is 1. The van der Waals surface area contributed by atoms with E-state index in [2.05, 4.69) is 21.2 Å².